The number of likely N-dealkylation sites (tertiary alicyclic amines) is 1. The summed E-state index contributed by atoms with van der Waals surface area (Å²) in [4.78, 5) is 2.53. The molecule has 0 saturated carbocycles. The highest BCUT2D eigenvalue weighted by molar-refractivity contribution is 9.10. The molecule has 2 atom stereocenters. The van der Waals surface area contributed by atoms with Gasteiger partial charge < -0.3 is 10.0 Å². The summed E-state index contributed by atoms with van der Waals surface area (Å²) in [6, 6.07) is 8.46. The fourth-order valence-corrected chi connectivity index (χ4v) is 3.85. The van der Waals surface area contributed by atoms with Crippen LogP contribution in [0.25, 0.3) is 0 Å². The number of hydrogen-bond donors (Lipinski definition) is 1. The second-order valence-electron chi connectivity index (χ2n) is 5.87. The van der Waals surface area contributed by atoms with Gasteiger partial charge >= 0.3 is 0 Å². The predicted octanol–water partition coefficient (Wildman–Crippen LogP) is 4.04. The largest absolute Gasteiger partial charge is 0.396 e. The van der Waals surface area contributed by atoms with Crippen LogP contribution in [0.15, 0.2) is 28.7 Å². The maximum absolute atomic E-state index is 9.76. The van der Waals surface area contributed by atoms with Gasteiger partial charge in [-0.2, -0.15) is 0 Å². The standard InChI is InChI=1S/C17H26BrNO/c1-2-3-6-10-19-11-9-15(14(12-19)13-20)16-7-4-5-8-17(16)18/h4-5,7-8,14-15,20H,2-3,6,9-13H2,1H3. The summed E-state index contributed by atoms with van der Waals surface area (Å²) < 4.78 is 1.18. The van der Waals surface area contributed by atoms with Gasteiger partial charge in [0.1, 0.15) is 0 Å². The zero-order valence-electron chi connectivity index (χ0n) is 12.4. The maximum Gasteiger partial charge on any atom is 0.0477 e. The van der Waals surface area contributed by atoms with Crippen LogP contribution >= 0.6 is 15.9 Å². The van der Waals surface area contributed by atoms with Crippen molar-refractivity contribution in [2.75, 3.05) is 26.2 Å². The lowest BCUT2D eigenvalue weighted by atomic mass is 9.81. The fraction of sp³-hybridized carbons (Fsp3) is 0.647. The highest BCUT2D eigenvalue weighted by atomic mass is 79.9. The molecule has 112 valence electrons. The minimum atomic E-state index is 0.288. The molecule has 2 unspecified atom stereocenters. The minimum absolute atomic E-state index is 0.288. The smallest absolute Gasteiger partial charge is 0.0477 e. The van der Waals surface area contributed by atoms with E-state index in [2.05, 4.69) is 52.0 Å². The highest BCUT2D eigenvalue weighted by Crippen LogP contribution is 2.36. The Hall–Kier alpha value is -0.380. The highest BCUT2D eigenvalue weighted by Gasteiger charge is 2.30. The van der Waals surface area contributed by atoms with Crippen molar-refractivity contribution in [2.45, 2.75) is 38.5 Å². The number of aliphatic hydroxyl groups is 1. The molecule has 2 nitrogen and oxygen atoms in total. The lowest BCUT2D eigenvalue weighted by molar-refractivity contribution is 0.100. The number of rotatable bonds is 6. The summed E-state index contributed by atoms with van der Waals surface area (Å²) in [7, 11) is 0. The molecule has 1 aromatic carbocycles. The van der Waals surface area contributed by atoms with Crippen molar-refractivity contribution in [2.24, 2.45) is 5.92 Å². The molecule has 1 aromatic rings. The average Bonchev–Trinajstić information content (AvgIpc) is 2.48. The first-order valence-electron chi connectivity index (χ1n) is 7.84. The first kappa shape index (κ1) is 16.0. The van der Waals surface area contributed by atoms with Crippen molar-refractivity contribution < 1.29 is 5.11 Å². The molecule has 20 heavy (non-hydrogen) atoms. The van der Waals surface area contributed by atoms with Crippen LogP contribution in [0.2, 0.25) is 0 Å². The predicted molar refractivity (Wildman–Crippen MR) is 88.0 cm³/mol. The van der Waals surface area contributed by atoms with Gasteiger partial charge in [0.2, 0.25) is 0 Å². The summed E-state index contributed by atoms with van der Waals surface area (Å²) in [6.45, 7) is 5.91. The molecule has 1 aliphatic heterocycles. The Labute approximate surface area is 131 Å². The molecule has 0 radical (unpaired) electrons. The van der Waals surface area contributed by atoms with E-state index in [9.17, 15) is 5.11 Å². The molecular formula is C17H26BrNO. The van der Waals surface area contributed by atoms with Crippen LogP contribution < -0.4 is 0 Å². The second kappa shape index (κ2) is 8.16. The van der Waals surface area contributed by atoms with Gasteiger partial charge in [-0.1, -0.05) is 53.9 Å². The van der Waals surface area contributed by atoms with Gasteiger partial charge in [-0.15, -0.1) is 0 Å². The van der Waals surface area contributed by atoms with E-state index in [0.717, 1.165) is 19.5 Å². The van der Waals surface area contributed by atoms with Crippen LogP contribution in [0.5, 0.6) is 0 Å². The third kappa shape index (κ3) is 4.06. The first-order valence-corrected chi connectivity index (χ1v) is 8.63. The Kier molecular flexibility index (Phi) is 6.53. The quantitative estimate of drug-likeness (QED) is 0.790. The minimum Gasteiger partial charge on any atom is -0.396 e. The summed E-state index contributed by atoms with van der Waals surface area (Å²) >= 11 is 3.66. The number of nitrogens with zero attached hydrogens (tertiary/aromatic N) is 1. The van der Waals surface area contributed by atoms with Crippen LogP contribution in [-0.2, 0) is 0 Å². The molecular weight excluding hydrogens is 314 g/mol. The number of piperidine rings is 1. The van der Waals surface area contributed by atoms with Crippen LogP contribution in [0.4, 0.5) is 0 Å². The van der Waals surface area contributed by atoms with E-state index in [1.54, 1.807) is 0 Å². The Morgan fingerprint density at radius 2 is 2.10 bits per heavy atom. The normalized spacial score (nSPS) is 23.9. The molecule has 3 heteroatoms. The molecule has 0 aliphatic carbocycles. The molecule has 0 bridgehead atoms. The maximum atomic E-state index is 9.76. The van der Waals surface area contributed by atoms with Gasteiger partial charge in [-0.25, -0.2) is 0 Å². The summed E-state index contributed by atoms with van der Waals surface area (Å²) in [6.07, 6.45) is 5.03. The van der Waals surface area contributed by atoms with E-state index >= 15 is 0 Å². The molecule has 0 spiro atoms. The summed E-state index contributed by atoms with van der Waals surface area (Å²) in [5.74, 6) is 0.849. The third-order valence-electron chi connectivity index (χ3n) is 4.44. The molecule has 1 aliphatic rings. The SMILES string of the molecule is CCCCCN1CCC(c2ccccc2Br)C(CO)C1. The average molecular weight is 340 g/mol. The van der Waals surface area contributed by atoms with Gasteiger partial charge in [0.15, 0.2) is 0 Å². The topological polar surface area (TPSA) is 23.5 Å². The lowest BCUT2D eigenvalue weighted by Crippen LogP contribution is -2.41. The molecule has 1 saturated heterocycles. The second-order valence-corrected chi connectivity index (χ2v) is 6.72. The summed E-state index contributed by atoms with van der Waals surface area (Å²) in [5, 5.41) is 9.76. The van der Waals surface area contributed by atoms with E-state index in [-0.39, 0.29) is 6.61 Å². The van der Waals surface area contributed by atoms with Crippen LogP contribution in [0.3, 0.4) is 0 Å². The van der Waals surface area contributed by atoms with Gasteiger partial charge in [0.25, 0.3) is 0 Å². The van der Waals surface area contributed by atoms with Gasteiger partial charge in [0.05, 0.1) is 0 Å². The van der Waals surface area contributed by atoms with Crippen molar-refractivity contribution in [1.82, 2.24) is 4.90 Å². The molecule has 0 amide bonds. The zero-order valence-corrected chi connectivity index (χ0v) is 14.0. The Morgan fingerprint density at radius 1 is 1.30 bits per heavy atom. The van der Waals surface area contributed by atoms with Crippen molar-refractivity contribution in [3.05, 3.63) is 34.3 Å². The Balaban J connectivity index is 1.98. The lowest BCUT2D eigenvalue weighted by Gasteiger charge is -2.38. The first-order chi connectivity index (χ1) is 9.76. The van der Waals surface area contributed by atoms with E-state index in [1.807, 2.05) is 0 Å². The van der Waals surface area contributed by atoms with E-state index < -0.39 is 0 Å². The number of unbranched alkanes of at least 4 members (excludes halogenated alkanes) is 2. The molecule has 1 fully saturated rings. The van der Waals surface area contributed by atoms with Gasteiger partial charge in [0, 0.05) is 23.5 Å². The monoisotopic (exact) mass is 339 g/mol. The van der Waals surface area contributed by atoms with Crippen molar-refractivity contribution in [1.29, 1.82) is 0 Å². The van der Waals surface area contributed by atoms with Crippen LogP contribution in [0, 0.1) is 5.92 Å². The van der Waals surface area contributed by atoms with Crippen molar-refractivity contribution >= 4 is 15.9 Å². The van der Waals surface area contributed by atoms with Crippen molar-refractivity contribution in [3.63, 3.8) is 0 Å². The molecule has 0 aromatic heterocycles. The van der Waals surface area contributed by atoms with Crippen LogP contribution in [0.1, 0.15) is 44.1 Å². The Morgan fingerprint density at radius 3 is 2.80 bits per heavy atom. The molecule has 2 rings (SSSR count). The molecule has 1 heterocycles. The van der Waals surface area contributed by atoms with Crippen molar-refractivity contribution in [3.8, 4) is 0 Å². The zero-order chi connectivity index (χ0) is 14.4. The fourth-order valence-electron chi connectivity index (χ4n) is 3.27. The number of benzene rings is 1. The van der Waals surface area contributed by atoms with E-state index in [4.69, 9.17) is 0 Å². The van der Waals surface area contributed by atoms with E-state index in [0.29, 0.717) is 11.8 Å². The number of hydrogen-bond acceptors (Lipinski definition) is 2. The number of halogens is 1. The van der Waals surface area contributed by atoms with Gasteiger partial charge in [-0.3, -0.25) is 0 Å². The van der Waals surface area contributed by atoms with Crippen LogP contribution in [-0.4, -0.2) is 36.2 Å². The summed E-state index contributed by atoms with van der Waals surface area (Å²) in [5.41, 5.74) is 1.36. The Bertz CT molecular complexity index is 410. The molecule has 1 N–H and O–H groups in total. The van der Waals surface area contributed by atoms with Gasteiger partial charge in [-0.05, 0) is 43.5 Å². The number of aliphatic hydroxyl groups excluding tert-OH is 1. The third-order valence-corrected chi connectivity index (χ3v) is 5.16. The van der Waals surface area contributed by atoms with E-state index in [1.165, 1.54) is 35.8 Å².